The molecular weight excluding hydrogens is 254 g/mol. The van der Waals surface area contributed by atoms with E-state index >= 15 is 0 Å². The largest absolute Gasteiger partial charge is 0.376 e. The normalized spacial score (nSPS) is 23.9. The number of rotatable bonds is 4. The molecule has 1 aliphatic heterocycles. The first-order valence-corrected chi connectivity index (χ1v) is 7.65. The molecule has 1 amide bonds. The van der Waals surface area contributed by atoms with E-state index in [-0.39, 0.29) is 11.5 Å². The summed E-state index contributed by atoms with van der Waals surface area (Å²) in [5.74, 6) is 2.09. The van der Waals surface area contributed by atoms with Gasteiger partial charge >= 0.3 is 0 Å². The van der Waals surface area contributed by atoms with Crippen LogP contribution in [0.2, 0.25) is 0 Å². The van der Waals surface area contributed by atoms with Crippen molar-refractivity contribution in [3.63, 3.8) is 0 Å². The Hall–Kier alpha value is -0.520. The van der Waals surface area contributed by atoms with E-state index in [1.165, 1.54) is 11.3 Å². The van der Waals surface area contributed by atoms with Gasteiger partial charge in [0.25, 0.3) is 5.91 Å². The van der Waals surface area contributed by atoms with Crippen molar-refractivity contribution in [2.75, 3.05) is 25.2 Å². The average Bonchev–Trinajstić information content (AvgIpc) is 2.95. The van der Waals surface area contributed by atoms with Gasteiger partial charge in [-0.05, 0) is 36.1 Å². The standard InChI is InChI=1S/C12H17NO2S2/c1-9-5-10(17-6-9)11(14)13-7-12(15-2)3-4-16-8-12/h5-6H,3-4,7-8H2,1-2H3,(H,13,14)/t12-/m1/s1. The predicted molar refractivity (Wildman–Crippen MR) is 73.1 cm³/mol. The summed E-state index contributed by atoms with van der Waals surface area (Å²) >= 11 is 3.37. The molecular formula is C12H17NO2S2. The minimum atomic E-state index is -0.160. The maximum absolute atomic E-state index is 11.9. The Labute approximate surface area is 110 Å². The molecule has 1 aliphatic rings. The highest BCUT2D eigenvalue weighted by atomic mass is 32.2. The molecule has 1 aromatic rings. The van der Waals surface area contributed by atoms with Gasteiger partial charge in [-0.3, -0.25) is 4.79 Å². The van der Waals surface area contributed by atoms with Crippen LogP contribution in [0.15, 0.2) is 11.4 Å². The fraction of sp³-hybridized carbons (Fsp3) is 0.583. The summed E-state index contributed by atoms with van der Waals surface area (Å²) in [7, 11) is 1.73. The van der Waals surface area contributed by atoms with Crippen molar-refractivity contribution in [2.45, 2.75) is 18.9 Å². The second-order valence-electron chi connectivity index (χ2n) is 4.36. The molecule has 1 atom stereocenters. The van der Waals surface area contributed by atoms with E-state index in [1.807, 2.05) is 30.1 Å². The van der Waals surface area contributed by atoms with Crippen molar-refractivity contribution in [3.8, 4) is 0 Å². The van der Waals surface area contributed by atoms with E-state index in [4.69, 9.17) is 4.74 Å². The first-order chi connectivity index (χ1) is 8.15. The van der Waals surface area contributed by atoms with Crippen LogP contribution in [0, 0.1) is 6.92 Å². The molecule has 0 spiro atoms. The Morgan fingerprint density at radius 1 is 1.65 bits per heavy atom. The van der Waals surface area contributed by atoms with Crippen molar-refractivity contribution in [2.24, 2.45) is 0 Å². The molecule has 1 aromatic heterocycles. The molecule has 0 aliphatic carbocycles. The van der Waals surface area contributed by atoms with Gasteiger partial charge in [-0.25, -0.2) is 0 Å². The second-order valence-corrected chi connectivity index (χ2v) is 6.38. The second kappa shape index (κ2) is 5.42. The third kappa shape index (κ3) is 3.03. The quantitative estimate of drug-likeness (QED) is 0.913. The molecule has 17 heavy (non-hydrogen) atoms. The number of thioether (sulfide) groups is 1. The molecule has 94 valence electrons. The van der Waals surface area contributed by atoms with Crippen molar-refractivity contribution >= 4 is 29.0 Å². The first kappa shape index (κ1) is 12.9. The van der Waals surface area contributed by atoms with E-state index in [0.29, 0.717) is 6.54 Å². The Morgan fingerprint density at radius 3 is 3.00 bits per heavy atom. The Bertz CT molecular complexity index is 397. The van der Waals surface area contributed by atoms with Gasteiger partial charge in [-0.2, -0.15) is 11.8 Å². The van der Waals surface area contributed by atoms with Gasteiger partial charge in [0.2, 0.25) is 0 Å². The van der Waals surface area contributed by atoms with Gasteiger partial charge in [0.15, 0.2) is 0 Å². The highest BCUT2D eigenvalue weighted by molar-refractivity contribution is 7.99. The van der Waals surface area contributed by atoms with Crippen LogP contribution in [0.5, 0.6) is 0 Å². The summed E-state index contributed by atoms with van der Waals surface area (Å²) in [6.45, 7) is 2.60. The summed E-state index contributed by atoms with van der Waals surface area (Å²) in [5, 5.41) is 4.97. The monoisotopic (exact) mass is 271 g/mol. The number of hydrogen-bond donors (Lipinski definition) is 1. The molecule has 1 fully saturated rings. The third-order valence-electron chi connectivity index (χ3n) is 3.03. The van der Waals surface area contributed by atoms with Gasteiger partial charge < -0.3 is 10.1 Å². The van der Waals surface area contributed by atoms with Crippen LogP contribution in [0.1, 0.15) is 21.7 Å². The van der Waals surface area contributed by atoms with Gasteiger partial charge in [0, 0.05) is 19.4 Å². The summed E-state index contributed by atoms with van der Waals surface area (Å²) in [6.07, 6.45) is 1.01. The summed E-state index contributed by atoms with van der Waals surface area (Å²) in [5.41, 5.74) is 0.977. The maximum Gasteiger partial charge on any atom is 0.261 e. The van der Waals surface area contributed by atoms with Gasteiger partial charge in [0.05, 0.1) is 10.5 Å². The molecule has 0 saturated carbocycles. The van der Waals surface area contributed by atoms with Crippen LogP contribution in [-0.4, -0.2) is 36.7 Å². The van der Waals surface area contributed by atoms with Crippen molar-refractivity contribution in [1.82, 2.24) is 5.32 Å². The number of methoxy groups -OCH3 is 1. The SMILES string of the molecule is CO[C@@]1(CNC(=O)c2cc(C)cs2)CCSC1. The lowest BCUT2D eigenvalue weighted by Crippen LogP contribution is -2.44. The molecule has 0 radical (unpaired) electrons. The van der Waals surface area contributed by atoms with Crippen LogP contribution in [0.3, 0.4) is 0 Å². The fourth-order valence-corrected chi connectivity index (χ4v) is 4.05. The molecule has 1 saturated heterocycles. The fourth-order valence-electron chi connectivity index (χ4n) is 1.84. The third-order valence-corrected chi connectivity index (χ3v) is 5.30. The van der Waals surface area contributed by atoms with E-state index in [0.717, 1.165) is 28.4 Å². The summed E-state index contributed by atoms with van der Waals surface area (Å²) in [4.78, 5) is 12.7. The summed E-state index contributed by atoms with van der Waals surface area (Å²) in [6, 6.07) is 1.92. The van der Waals surface area contributed by atoms with E-state index in [1.54, 1.807) is 7.11 Å². The van der Waals surface area contributed by atoms with Gasteiger partial charge in [-0.15, -0.1) is 11.3 Å². The predicted octanol–water partition coefficient (Wildman–Crippen LogP) is 2.31. The number of thiophene rings is 1. The zero-order valence-corrected chi connectivity index (χ0v) is 11.7. The minimum Gasteiger partial charge on any atom is -0.376 e. The van der Waals surface area contributed by atoms with Crippen molar-refractivity contribution in [3.05, 3.63) is 21.9 Å². The Balaban J connectivity index is 1.91. The number of carbonyl (C=O) groups is 1. The molecule has 3 nitrogen and oxygen atoms in total. The van der Waals surface area contributed by atoms with E-state index in [9.17, 15) is 4.79 Å². The number of amides is 1. The Kier molecular flexibility index (Phi) is 4.12. The van der Waals surface area contributed by atoms with Crippen LogP contribution in [0.4, 0.5) is 0 Å². The molecule has 0 bridgehead atoms. The van der Waals surface area contributed by atoms with Gasteiger partial charge in [0.1, 0.15) is 0 Å². The van der Waals surface area contributed by atoms with Crippen molar-refractivity contribution in [1.29, 1.82) is 0 Å². The number of ether oxygens (including phenoxy) is 1. The zero-order valence-electron chi connectivity index (χ0n) is 10.1. The lowest BCUT2D eigenvalue weighted by Gasteiger charge is -2.26. The highest BCUT2D eigenvalue weighted by Gasteiger charge is 2.34. The van der Waals surface area contributed by atoms with Crippen LogP contribution in [-0.2, 0) is 4.74 Å². The molecule has 5 heteroatoms. The van der Waals surface area contributed by atoms with Crippen LogP contribution < -0.4 is 5.32 Å². The zero-order chi connectivity index (χ0) is 12.3. The average molecular weight is 271 g/mol. The molecule has 2 heterocycles. The molecule has 0 aromatic carbocycles. The topological polar surface area (TPSA) is 38.3 Å². The van der Waals surface area contributed by atoms with Crippen LogP contribution >= 0.6 is 23.1 Å². The lowest BCUT2D eigenvalue weighted by atomic mass is 10.0. The number of aryl methyl sites for hydroxylation is 1. The Morgan fingerprint density at radius 2 is 2.47 bits per heavy atom. The molecule has 1 N–H and O–H groups in total. The minimum absolute atomic E-state index is 0.0106. The number of nitrogens with one attached hydrogen (secondary N) is 1. The van der Waals surface area contributed by atoms with E-state index < -0.39 is 0 Å². The van der Waals surface area contributed by atoms with Crippen molar-refractivity contribution < 1.29 is 9.53 Å². The van der Waals surface area contributed by atoms with Crippen LogP contribution in [0.25, 0.3) is 0 Å². The smallest absolute Gasteiger partial charge is 0.261 e. The number of hydrogen-bond acceptors (Lipinski definition) is 4. The molecule has 2 rings (SSSR count). The van der Waals surface area contributed by atoms with E-state index in [2.05, 4.69) is 5.32 Å². The number of carbonyl (C=O) groups excluding carboxylic acids is 1. The maximum atomic E-state index is 11.9. The van der Waals surface area contributed by atoms with Gasteiger partial charge in [-0.1, -0.05) is 0 Å². The highest BCUT2D eigenvalue weighted by Crippen LogP contribution is 2.30. The molecule has 0 unspecified atom stereocenters. The summed E-state index contributed by atoms with van der Waals surface area (Å²) < 4.78 is 5.56. The lowest BCUT2D eigenvalue weighted by molar-refractivity contribution is 0.0137. The first-order valence-electron chi connectivity index (χ1n) is 5.61.